The van der Waals surface area contributed by atoms with E-state index in [1.54, 1.807) is 4.68 Å². The van der Waals surface area contributed by atoms with Crippen molar-refractivity contribution >= 4 is 11.6 Å². The number of hydrogen-bond acceptors (Lipinski definition) is 3. The zero-order valence-electron chi connectivity index (χ0n) is 8.96. The van der Waals surface area contributed by atoms with Gasteiger partial charge in [-0.05, 0) is 6.92 Å². The van der Waals surface area contributed by atoms with Crippen LogP contribution in [0.15, 0.2) is 0 Å². The van der Waals surface area contributed by atoms with Gasteiger partial charge >= 0.3 is 0 Å². The first-order valence-corrected chi connectivity index (χ1v) is 5.38. The molecule has 1 fully saturated rings. The Morgan fingerprint density at radius 2 is 2.40 bits per heavy atom. The second-order valence-electron chi connectivity index (χ2n) is 4.17. The smallest absolute Gasteiger partial charge is 0.0957 e. The van der Waals surface area contributed by atoms with E-state index in [1.165, 1.54) is 0 Å². The van der Waals surface area contributed by atoms with Crippen LogP contribution in [-0.4, -0.2) is 33.7 Å². The lowest BCUT2D eigenvalue weighted by molar-refractivity contribution is 0.0255. The maximum atomic E-state index is 10.2. The van der Waals surface area contributed by atoms with E-state index in [0.29, 0.717) is 31.1 Å². The second kappa shape index (κ2) is 3.77. The number of aliphatic hydroxyl groups is 1. The lowest BCUT2D eigenvalue weighted by Crippen LogP contribution is -2.32. The van der Waals surface area contributed by atoms with Crippen molar-refractivity contribution in [3.8, 4) is 0 Å². The molecule has 0 bridgehead atoms. The highest BCUT2D eigenvalue weighted by molar-refractivity contribution is 6.31. The van der Waals surface area contributed by atoms with E-state index in [9.17, 15) is 5.11 Å². The standard InChI is InChI=1S/C10H15ClN2O2/c1-7-9(11)8(13(2)12-7)5-10(14)3-4-15-6-10/h14H,3-6H2,1-2H3. The minimum absolute atomic E-state index is 0.382. The number of aromatic nitrogens is 2. The number of rotatable bonds is 2. The molecule has 4 nitrogen and oxygen atoms in total. The van der Waals surface area contributed by atoms with Gasteiger partial charge in [0.05, 0.1) is 28.6 Å². The van der Waals surface area contributed by atoms with E-state index in [2.05, 4.69) is 5.10 Å². The normalized spacial score (nSPS) is 26.1. The molecule has 0 aliphatic carbocycles. The summed E-state index contributed by atoms with van der Waals surface area (Å²) in [5, 5.41) is 15.0. The van der Waals surface area contributed by atoms with Gasteiger partial charge in [-0.3, -0.25) is 4.68 Å². The predicted octanol–water partition coefficient (Wildman–Crippen LogP) is 1.08. The van der Waals surface area contributed by atoms with Gasteiger partial charge in [0.2, 0.25) is 0 Å². The molecule has 5 heteroatoms. The molecule has 0 radical (unpaired) electrons. The van der Waals surface area contributed by atoms with Gasteiger partial charge < -0.3 is 9.84 Å². The molecule has 0 aromatic carbocycles. The second-order valence-corrected chi connectivity index (χ2v) is 4.55. The van der Waals surface area contributed by atoms with Gasteiger partial charge in [0.25, 0.3) is 0 Å². The highest BCUT2D eigenvalue weighted by Gasteiger charge is 2.34. The number of ether oxygens (including phenoxy) is 1. The summed E-state index contributed by atoms with van der Waals surface area (Å²) in [5.41, 5.74) is 0.906. The maximum absolute atomic E-state index is 10.2. The highest BCUT2D eigenvalue weighted by Crippen LogP contribution is 2.28. The SMILES string of the molecule is Cc1nn(C)c(CC2(O)CCOC2)c1Cl. The molecular weight excluding hydrogens is 216 g/mol. The van der Waals surface area contributed by atoms with Crippen LogP contribution >= 0.6 is 11.6 Å². The van der Waals surface area contributed by atoms with E-state index < -0.39 is 5.60 Å². The largest absolute Gasteiger partial charge is 0.387 e. The summed E-state index contributed by atoms with van der Waals surface area (Å²) >= 11 is 6.12. The van der Waals surface area contributed by atoms with Crippen LogP contribution in [0.3, 0.4) is 0 Å². The molecule has 0 spiro atoms. The minimum atomic E-state index is -0.774. The zero-order valence-corrected chi connectivity index (χ0v) is 9.71. The summed E-state index contributed by atoms with van der Waals surface area (Å²) in [5.74, 6) is 0. The molecule has 2 rings (SSSR count). The fourth-order valence-corrected chi connectivity index (χ4v) is 2.15. The number of aryl methyl sites for hydroxylation is 2. The summed E-state index contributed by atoms with van der Waals surface area (Å²) in [4.78, 5) is 0. The molecule has 15 heavy (non-hydrogen) atoms. The van der Waals surface area contributed by atoms with Gasteiger partial charge in [-0.2, -0.15) is 5.10 Å². The minimum Gasteiger partial charge on any atom is -0.387 e. The third-order valence-electron chi connectivity index (χ3n) is 2.84. The van der Waals surface area contributed by atoms with Crippen molar-refractivity contribution in [3.63, 3.8) is 0 Å². The van der Waals surface area contributed by atoms with Gasteiger partial charge in [0, 0.05) is 26.5 Å². The van der Waals surface area contributed by atoms with Crippen molar-refractivity contribution in [1.82, 2.24) is 9.78 Å². The third-order valence-corrected chi connectivity index (χ3v) is 3.33. The Bertz CT molecular complexity index is 370. The first-order chi connectivity index (χ1) is 7.02. The predicted molar refractivity (Wildman–Crippen MR) is 57.0 cm³/mol. The maximum Gasteiger partial charge on any atom is 0.0957 e. The van der Waals surface area contributed by atoms with Gasteiger partial charge in [0.1, 0.15) is 0 Å². The average molecular weight is 231 g/mol. The Morgan fingerprint density at radius 1 is 1.67 bits per heavy atom. The summed E-state index contributed by atoms with van der Waals surface area (Å²) in [7, 11) is 1.84. The van der Waals surface area contributed by atoms with E-state index >= 15 is 0 Å². The molecule has 1 aliphatic heterocycles. The lowest BCUT2D eigenvalue weighted by Gasteiger charge is -2.20. The van der Waals surface area contributed by atoms with E-state index in [0.717, 1.165) is 11.4 Å². The van der Waals surface area contributed by atoms with E-state index in [1.807, 2.05) is 14.0 Å². The molecule has 1 aromatic heterocycles. The van der Waals surface area contributed by atoms with Crippen molar-refractivity contribution in [2.45, 2.75) is 25.4 Å². The van der Waals surface area contributed by atoms with Crippen molar-refractivity contribution in [2.75, 3.05) is 13.2 Å². The van der Waals surface area contributed by atoms with Gasteiger partial charge in [-0.25, -0.2) is 0 Å². The third kappa shape index (κ3) is 2.02. The number of hydrogen-bond donors (Lipinski definition) is 1. The summed E-state index contributed by atoms with van der Waals surface area (Å²) in [6, 6.07) is 0. The van der Waals surface area contributed by atoms with Crippen molar-refractivity contribution in [3.05, 3.63) is 16.4 Å². The van der Waals surface area contributed by atoms with Gasteiger partial charge in [-0.15, -0.1) is 0 Å². The quantitative estimate of drug-likeness (QED) is 0.827. The van der Waals surface area contributed by atoms with Crippen LogP contribution in [0, 0.1) is 6.92 Å². The van der Waals surface area contributed by atoms with E-state index in [4.69, 9.17) is 16.3 Å². The van der Waals surface area contributed by atoms with Crippen LogP contribution < -0.4 is 0 Å². The monoisotopic (exact) mass is 230 g/mol. The summed E-state index contributed by atoms with van der Waals surface area (Å²) in [6.07, 6.45) is 1.16. The Hall–Kier alpha value is -0.580. The lowest BCUT2D eigenvalue weighted by atomic mass is 9.97. The van der Waals surface area contributed by atoms with Crippen LogP contribution in [0.5, 0.6) is 0 Å². The van der Waals surface area contributed by atoms with Crippen LogP contribution in [0.25, 0.3) is 0 Å². The van der Waals surface area contributed by atoms with Crippen LogP contribution in [0.1, 0.15) is 17.8 Å². The Labute approximate surface area is 93.8 Å². The molecule has 1 N–H and O–H groups in total. The van der Waals surface area contributed by atoms with E-state index in [-0.39, 0.29) is 0 Å². The van der Waals surface area contributed by atoms with Crippen LogP contribution in [0.2, 0.25) is 5.02 Å². The van der Waals surface area contributed by atoms with Crippen LogP contribution in [0.4, 0.5) is 0 Å². The summed E-state index contributed by atoms with van der Waals surface area (Å²) < 4.78 is 6.93. The average Bonchev–Trinajstić information content (AvgIpc) is 2.68. The van der Waals surface area contributed by atoms with Crippen molar-refractivity contribution in [1.29, 1.82) is 0 Å². The van der Waals surface area contributed by atoms with Crippen molar-refractivity contribution < 1.29 is 9.84 Å². The highest BCUT2D eigenvalue weighted by atomic mass is 35.5. The molecule has 1 unspecified atom stereocenters. The topological polar surface area (TPSA) is 47.3 Å². The molecule has 2 heterocycles. The molecule has 1 aromatic rings. The molecule has 0 amide bonds. The number of halogens is 1. The fourth-order valence-electron chi connectivity index (χ4n) is 1.92. The Balaban J connectivity index is 2.23. The molecule has 0 saturated carbocycles. The first-order valence-electron chi connectivity index (χ1n) is 5.00. The molecule has 1 atom stereocenters. The van der Waals surface area contributed by atoms with Gasteiger partial charge in [0.15, 0.2) is 0 Å². The van der Waals surface area contributed by atoms with Gasteiger partial charge in [-0.1, -0.05) is 11.6 Å². The fraction of sp³-hybridized carbons (Fsp3) is 0.700. The van der Waals surface area contributed by atoms with Crippen molar-refractivity contribution in [2.24, 2.45) is 7.05 Å². The zero-order chi connectivity index (χ0) is 11.1. The summed E-state index contributed by atoms with van der Waals surface area (Å²) in [6.45, 7) is 2.86. The van der Waals surface area contributed by atoms with Crippen LogP contribution in [-0.2, 0) is 18.2 Å². The Kier molecular flexibility index (Phi) is 2.75. The Morgan fingerprint density at radius 3 is 2.87 bits per heavy atom. The molecular formula is C10H15ClN2O2. The molecule has 84 valence electrons. The molecule has 1 saturated heterocycles. The first kappa shape index (κ1) is 10.9. The molecule has 1 aliphatic rings. The number of nitrogens with zero attached hydrogens (tertiary/aromatic N) is 2.